The fourth-order valence-corrected chi connectivity index (χ4v) is 3.01. The Kier molecular flexibility index (Phi) is 4.00. The summed E-state index contributed by atoms with van der Waals surface area (Å²) < 4.78 is 0. The van der Waals surface area contributed by atoms with Gasteiger partial charge in [-0.3, -0.25) is 11.3 Å². The summed E-state index contributed by atoms with van der Waals surface area (Å²) in [5.74, 6) is 5.55. The van der Waals surface area contributed by atoms with Gasteiger partial charge in [-0.2, -0.15) is 0 Å². The molecule has 1 unspecified atom stereocenters. The fraction of sp³-hybridized carbons (Fsp3) is 0.400. The predicted molar refractivity (Wildman–Crippen MR) is 67.5 cm³/mol. The van der Waals surface area contributed by atoms with Gasteiger partial charge < -0.3 is 0 Å². The molecule has 0 fully saturated rings. The van der Waals surface area contributed by atoms with E-state index in [4.69, 9.17) is 5.84 Å². The molecule has 2 aromatic heterocycles. The molecular weight excluding hydrogens is 240 g/mol. The standard InChI is InChI=1S/C10H14N4S2/c1-7-6-16-10(13-7)5-8(14-11)4-9-12-2-3-15-9/h2-3,6,8,14H,4-5,11H2,1H3. The van der Waals surface area contributed by atoms with Crippen LogP contribution in [-0.4, -0.2) is 16.0 Å². The second-order valence-electron chi connectivity index (χ2n) is 3.58. The predicted octanol–water partition coefficient (Wildman–Crippen LogP) is 1.53. The van der Waals surface area contributed by atoms with Crippen LogP contribution < -0.4 is 11.3 Å². The average molecular weight is 254 g/mol. The first-order valence-electron chi connectivity index (χ1n) is 5.03. The van der Waals surface area contributed by atoms with E-state index in [0.717, 1.165) is 28.6 Å². The van der Waals surface area contributed by atoms with Crippen molar-refractivity contribution in [1.29, 1.82) is 0 Å². The number of nitrogens with two attached hydrogens (primary N) is 1. The van der Waals surface area contributed by atoms with Crippen molar-refractivity contribution in [1.82, 2.24) is 15.4 Å². The highest BCUT2D eigenvalue weighted by Crippen LogP contribution is 2.14. The summed E-state index contributed by atoms with van der Waals surface area (Å²) in [6, 6.07) is 0.205. The summed E-state index contributed by atoms with van der Waals surface area (Å²) in [6.45, 7) is 2.01. The van der Waals surface area contributed by atoms with Crippen molar-refractivity contribution < 1.29 is 0 Å². The first-order chi connectivity index (χ1) is 7.78. The summed E-state index contributed by atoms with van der Waals surface area (Å²) in [6.07, 6.45) is 3.53. The number of thiazole rings is 2. The lowest BCUT2D eigenvalue weighted by Gasteiger charge is -2.12. The van der Waals surface area contributed by atoms with E-state index in [1.807, 2.05) is 18.5 Å². The van der Waals surface area contributed by atoms with Crippen LogP contribution in [0.4, 0.5) is 0 Å². The summed E-state index contributed by atoms with van der Waals surface area (Å²) in [4.78, 5) is 8.69. The minimum atomic E-state index is 0.205. The molecule has 0 bridgehead atoms. The van der Waals surface area contributed by atoms with Crippen LogP contribution in [0.25, 0.3) is 0 Å². The number of hydrogen-bond acceptors (Lipinski definition) is 6. The molecule has 0 aliphatic carbocycles. The maximum absolute atomic E-state index is 5.55. The number of nitrogens with zero attached hydrogens (tertiary/aromatic N) is 2. The van der Waals surface area contributed by atoms with Gasteiger partial charge in [0, 0.05) is 41.5 Å². The number of hydrogen-bond donors (Lipinski definition) is 2. The second-order valence-corrected chi connectivity index (χ2v) is 5.50. The van der Waals surface area contributed by atoms with Gasteiger partial charge in [-0.1, -0.05) is 0 Å². The summed E-state index contributed by atoms with van der Waals surface area (Å²) in [5.41, 5.74) is 3.91. The zero-order chi connectivity index (χ0) is 11.4. The van der Waals surface area contributed by atoms with E-state index in [1.165, 1.54) is 0 Å². The monoisotopic (exact) mass is 254 g/mol. The molecule has 4 nitrogen and oxygen atoms in total. The molecule has 0 spiro atoms. The van der Waals surface area contributed by atoms with Crippen molar-refractivity contribution in [3.8, 4) is 0 Å². The Morgan fingerprint density at radius 1 is 1.38 bits per heavy atom. The summed E-state index contributed by atoms with van der Waals surface area (Å²) in [5, 5.41) is 6.27. The minimum absolute atomic E-state index is 0.205. The van der Waals surface area contributed by atoms with Gasteiger partial charge in [-0.25, -0.2) is 9.97 Å². The Labute approximate surface area is 103 Å². The smallest absolute Gasteiger partial charge is 0.0944 e. The van der Waals surface area contributed by atoms with Gasteiger partial charge in [0.2, 0.25) is 0 Å². The number of aromatic nitrogens is 2. The molecule has 1 atom stereocenters. The SMILES string of the molecule is Cc1csc(CC(Cc2nccs2)NN)n1. The van der Waals surface area contributed by atoms with Crippen LogP contribution in [0, 0.1) is 6.92 Å². The molecule has 3 N–H and O–H groups in total. The Hall–Kier alpha value is -0.820. The lowest BCUT2D eigenvalue weighted by Crippen LogP contribution is -2.38. The van der Waals surface area contributed by atoms with E-state index < -0.39 is 0 Å². The second kappa shape index (κ2) is 5.49. The van der Waals surface area contributed by atoms with E-state index in [-0.39, 0.29) is 6.04 Å². The van der Waals surface area contributed by atoms with Crippen LogP contribution in [-0.2, 0) is 12.8 Å². The highest BCUT2D eigenvalue weighted by Gasteiger charge is 2.12. The third-order valence-electron chi connectivity index (χ3n) is 2.23. The van der Waals surface area contributed by atoms with Crippen LogP contribution in [0.1, 0.15) is 15.7 Å². The van der Waals surface area contributed by atoms with Gasteiger partial charge >= 0.3 is 0 Å². The lowest BCUT2D eigenvalue weighted by molar-refractivity contribution is 0.520. The highest BCUT2D eigenvalue weighted by molar-refractivity contribution is 7.09. The average Bonchev–Trinajstić information content (AvgIpc) is 2.89. The summed E-state index contributed by atoms with van der Waals surface area (Å²) in [7, 11) is 0. The number of aryl methyl sites for hydroxylation is 1. The number of hydrazine groups is 1. The molecule has 0 aliphatic heterocycles. The zero-order valence-electron chi connectivity index (χ0n) is 9.01. The molecule has 0 saturated carbocycles. The fourth-order valence-electron chi connectivity index (χ4n) is 1.46. The van der Waals surface area contributed by atoms with Crippen LogP contribution in [0.3, 0.4) is 0 Å². The van der Waals surface area contributed by atoms with Gasteiger partial charge in [0.05, 0.1) is 10.0 Å². The number of nitrogens with one attached hydrogen (secondary N) is 1. The van der Waals surface area contributed by atoms with E-state index in [2.05, 4.69) is 20.8 Å². The first kappa shape index (κ1) is 11.7. The van der Waals surface area contributed by atoms with Crippen LogP contribution in [0.15, 0.2) is 17.0 Å². The molecular formula is C10H14N4S2. The zero-order valence-corrected chi connectivity index (χ0v) is 10.6. The Morgan fingerprint density at radius 2 is 2.19 bits per heavy atom. The molecule has 0 aromatic carbocycles. The molecule has 2 heterocycles. The van der Waals surface area contributed by atoms with Crippen molar-refractivity contribution in [3.63, 3.8) is 0 Å². The molecule has 6 heteroatoms. The third kappa shape index (κ3) is 3.08. The van der Waals surface area contributed by atoms with E-state index in [0.29, 0.717) is 0 Å². The first-order valence-corrected chi connectivity index (χ1v) is 6.79. The topological polar surface area (TPSA) is 63.8 Å². The van der Waals surface area contributed by atoms with Crippen molar-refractivity contribution >= 4 is 22.7 Å². The van der Waals surface area contributed by atoms with Crippen molar-refractivity contribution in [2.24, 2.45) is 5.84 Å². The van der Waals surface area contributed by atoms with E-state index in [9.17, 15) is 0 Å². The van der Waals surface area contributed by atoms with Crippen molar-refractivity contribution in [2.45, 2.75) is 25.8 Å². The van der Waals surface area contributed by atoms with Crippen molar-refractivity contribution in [2.75, 3.05) is 0 Å². The Morgan fingerprint density at radius 3 is 2.75 bits per heavy atom. The summed E-state index contributed by atoms with van der Waals surface area (Å²) >= 11 is 3.34. The number of rotatable bonds is 5. The van der Waals surface area contributed by atoms with Gasteiger partial charge in [0.25, 0.3) is 0 Å². The Balaban J connectivity index is 1.95. The molecule has 0 amide bonds. The molecule has 2 aromatic rings. The molecule has 0 saturated heterocycles. The minimum Gasteiger partial charge on any atom is -0.271 e. The largest absolute Gasteiger partial charge is 0.271 e. The lowest BCUT2D eigenvalue weighted by atomic mass is 10.1. The van der Waals surface area contributed by atoms with Crippen LogP contribution in [0.5, 0.6) is 0 Å². The molecule has 86 valence electrons. The van der Waals surface area contributed by atoms with E-state index in [1.54, 1.807) is 22.7 Å². The van der Waals surface area contributed by atoms with Crippen LogP contribution in [0.2, 0.25) is 0 Å². The molecule has 2 rings (SSSR count). The highest BCUT2D eigenvalue weighted by atomic mass is 32.1. The van der Waals surface area contributed by atoms with Gasteiger partial charge in [-0.15, -0.1) is 22.7 Å². The normalized spacial score (nSPS) is 12.9. The Bertz CT molecular complexity index is 424. The van der Waals surface area contributed by atoms with Gasteiger partial charge in [-0.05, 0) is 6.92 Å². The van der Waals surface area contributed by atoms with E-state index >= 15 is 0 Å². The van der Waals surface area contributed by atoms with Gasteiger partial charge in [0.1, 0.15) is 0 Å². The van der Waals surface area contributed by atoms with Gasteiger partial charge in [0.15, 0.2) is 0 Å². The molecule has 0 radical (unpaired) electrons. The maximum Gasteiger partial charge on any atom is 0.0944 e. The third-order valence-corrected chi connectivity index (χ3v) is 4.02. The van der Waals surface area contributed by atoms with Crippen molar-refractivity contribution in [3.05, 3.63) is 32.7 Å². The maximum atomic E-state index is 5.55. The molecule has 0 aliphatic rings. The van der Waals surface area contributed by atoms with Crippen LogP contribution >= 0.6 is 22.7 Å². The quantitative estimate of drug-likeness (QED) is 0.627. The molecule has 16 heavy (non-hydrogen) atoms.